The van der Waals surface area contributed by atoms with Crippen LogP contribution >= 0.6 is 11.3 Å². The molecule has 1 saturated heterocycles. The molecule has 7 nitrogen and oxygen atoms in total. The third-order valence-corrected chi connectivity index (χ3v) is 4.59. The summed E-state index contributed by atoms with van der Waals surface area (Å²) in [4.78, 5) is 25.5. The summed E-state index contributed by atoms with van der Waals surface area (Å²) in [6, 6.07) is 5.40. The Morgan fingerprint density at radius 2 is 2.39 bits per heavy atom. The summed E-state index contributed by atoms with van der Waals surface area (Å²) in [5.41, 5.74) is 0. The highest BCUT2D eigenvalue weighted by Crippen LogP contribution is 2.21. The molecular weight excluding hydrogens is 316 g/mol. The number of amides is 1. The van der Waals surface area contributed by atoms with Crippen molar-refractivity contribution in [1.82, 2.24) is 14.7 Å². The minimum absolute atomic E-state index is 0.0250. The largest absolute Gasteiger partial charge is 0.389 e. The van der Waals surface area contributed by atoms with E-state index in [4.69, 9.17) is 0 Å². The normalized spacial score (nSPS) is 17.9. The van der Waals surface area contributed by atoms with Crippen molar-refractivity contribution in [3.05, 3.63) is 50.8 Å². The van der Waals surface area contributed by atoms with Crippen molar-refractivity contribution in [2.45, 2.75) is 25.4 Å². The van der Waals surface area contributed by atoms with E-state index >= 15 is 0 Å². The van der Waals surface area contributed by atoms with E-state index in [0.717, 1.165) is 17.7 Å². The molecule has 1 amide bonds. The van der Waals surface area contributed by atoms with Gasteiger partial charge in [0.2, 0.25) is 5.91 Å². The Hall–Kier alpha value is -2.48. The fraction of sp³-hybridized carbons (Fsp3) is 0.333. The van der Waals surface area contributed by atoms with Gasteiger partial charge in [-0.2, -0.15) is 4.68 Å². The summed E-state index contributed by atoms with van der Waals surface area (Å²) in [7, 11) is 0. The molecule has 0 aromatic carbocycles. The molecule has 0 aliphatic carbocycles. The van der Waals surface area contributed by atoms with E-state index in [1.54, 1.807) is 11.3 Å². The lowest BCUT2D eigenvalue weighted by molar-refractivity contribution is -0.389. The third kappa shape index (κ3) is 3.65. The van der Waals surface area contributed by atoms with E-state index in [0.29, 0.717) is 6.54 Å². The Labute approximate surface area is 137 Å². The second-order valence-electron chi connectivity index (χ2n) is 5.30. The van der Waals surface area contributed by atoms with Gasteiger partial charge in [-0.3, -0.25) is 4.79 Å². The number of hydrogen-bond donors (Lipinski definition) is 0. The Morgan fingerprint density at radius 3 is 3.09 bits per heavy atom. The van der Waals surface area contributed by atoms with E-state index in [1.807, 2.05) is 28.5 Å². The molecule has 2 aromatic heterocycles. The molecule has 23 heavy (non-hydrogen) atoms. The number of carbonyl (C=O) groups is 1. The van der Waals surface area contributed by atoms with Gasteiger partial charge >= 0.3 is 5.82 Å². The van der Waals surface area contributed by atoms with Crippen LogP contribution in [0.2, 0.25) is 0 Å². The maximum absolute atomic E-state index is 12.4. The molecule has 1 aliphatic heterocycles. The zero-order valence-corrected chi connectivity index (χ0v) is 13.2. The number of carbonyl (C=O) groups excluding carboxylic acids is 1. The van der Waals surface area contributed by atoms with Gasteiger partial charge in [0.15, 0.2) is 0 Å². The first-order valence-electron chi connectivity index (χ1n) is 7.32. The highest BCUT2D eigenvalue weighted by molar-refractivity contribution is 7.10. The summed E-state index contributed by atoms with van der Waals surface area (Å²) in [5, 5.41) is 16.4. The van der Waals surface area contributed by atoms with Crippen LogP contribution in [-0.4, -0.2) is 38.1 Å². The maximum Gasteiger partial charge on any atom is 0.389 e. The lowest BCUT2D eigenvalue weighted by atomic mass is 10.2. The minimum atomic E-state index is -0.566. The zero-order valence-electron chi connectivity index (χ0n) is 12.4. The Balaban J connectivity index is 1.64. The molecule has 0 saturated carbocycles. The quantitative estimate of drug-likeness (QED) is 0.622. The Morgan fingerprint density at radius 1 is 1.52 bits per heavy atom. The van der Waals surface area contributed by atoms with E-state index < -0.39 is 4.92 Å². The smallest absolute Gasteiger partial charge is 0.358 e. The van der Waals surface area contributed by atoms with Crippen LogP contribution in [0.1, 0.15) is 17.7 Å². The van der Waals surface area contributed by atoms with Gasteiger partial charge in [-0.05, 0) is 35.3 Å². The Bertz CT molecular complexity index is 723. The van der Waals surface area contributed by atoms with Crippen LogP contribution in [0, 0.1) is 10.1 Å². The molecular formula is C15H16N4O3S. The van der Waals surface area contributed by atoms with E-state index in [2.05, 4.69) is 11.2 Å². The van der Waals surface area contributed by atoms with Crippen molar-refractivity contribution in [1.29, 1.82) is 0 Å². The number of aromatic nitrogens is 2. The number of likely N-dealkylation sites (tertiary alicyclic amines) is 1. The van der Waals surface area contributed by atoms with Gasteiger partial charge in [0.25, 0.3) is 0 Å². The standard InChI is InChI=1S/C15H16N4O3S/c20-15(11-17-9-7-14(16-17)19(21)22)18-8-1-3-12(18)5-6-13-4-2-10-23-13/h2,4-7,9-10,12H,1,3,8,11H2/b6-5+/t12-/m1/s1. The van der Waals surface area contributed by atoms with Crippen LogP contribution in [-0.2, 0) is 11.3 Å². The second-order valence-corrected chi connectivity index (χ2v) is 6.28. The van der Waals surface area contributed by atoms with Gasteiger partial charge in [0.1, 0.15) is 6.54 Å². The van der Waals surface area contributed by atoms with Gasteiger partial charge in [0.05, 0.1) is 23.4 Å². The summed E-state index contributed by atoms with van der Waals surface area (Å²) in [6.45, 7) is 0.735. The molecule has 8 heteroatoms. The molecule has 0 bridgehead atoms. The van der Waals surface area contributed by atoms with Crippen LogP contribution in [0.5, 0.6) is 0 Å². The second kappa shape index (κ2) is 6.74. The predicted octanol–water partition coefficient (Wildman–Crippen LogP) is 2.56. The average molecular weight is 332 g/mol. The van der Waals surface area contributed by atoms with Crippen LogP contribution < -0.4 is 0 Å². The van der Waals surface area contributed by atoms with E-state index in [9.17, 15) is 14.9 Å². The van der Waals surface area contributed by atoms with Crippen molar-refractivity contribution in [2.24, 2.45) is 0 Å². The lowest BCUT2D eigenvalue weighted by Crippen LogP contribution is -2.36. The van der Waals surface area contributed by atoms with E-state index in [-0.39, 0.29) is 24.3 Å². The van der Waals surface area contributed by atoms with Crippen molar-refractivity contribution in [2.75, 3.05) is 6.54 Å². The molecule has 3 heterocycles. The highest BCUT2D eigenvalue weighted by Gasteiger charge is 2.27. The highest BCUT2D eigenvalue weighted by atomic mass is 32.1. The zero-order chi connectivity index (χ0) is 16.2. The lowest BCUT2D eigenvalue weighted by Gasteiger charge is -2.21. The fourth-order valence-corrected chi connectivity index (χ4v) is 3.29. The van der Waals surface area contributed by atoms with Gasteiger partial charge in [0, 0.05) is 11.4 Å². The van der Waals surface area contributed by atoms with Crippen LogP contribution in [0.25, 0.3) is 6.08 Å². The van der Waals surface area contributed by atoms with Crippen LogP contribution in [0.3, 0.4) is 0 Å². The molecule has 0 spiro atoms. The number of nitrogens with zero attached hydrogens (tertiary/aromatic N) is 4. The minimum Gasteiger partial charge on any atom is -0.358 e. The van der Waals surface area contributed by atoms with Crippen molar-refractivity contribution in [3.8, 4) is 0 Å². The first-order chi connectivity index (χ1) is 11.1. The summed E-state index contributed by atoms with van der Waals surface area (Å²) >= 11 is 1.66. The maximum atomic E-state index is 12.4. The van der Waals surface area contributed by atoms with Gasteiger partial charge in [-0.25, -0.2) is 0 Å². The molecule has 0 radical (unpaired) electrons. The van der Waals surface area contributed by atoms with Gasteiger partial charge in [-0.1, -0.05) is 12.1 Å². The predicted molar refractivity (Wildman–Crippen MR) is 87.0 cm³/mol. The first kappa shape index (κ1) is 15.4. The topological polar surface area (TPSA) is 81.3 Å². The number of rotatable bonds is 5. The van der Waals surface area contributed by atoms with E-state index in [1.165, 1.54) is 16.9 Å². The molecule has 120 valence electrons. The van der Waals surface area contributed by atoms with Crippen molar-refractivity contribution in [3.63, 3.8) is 0 Å². The molecule has 1 atom stereocenters. The first-order valence-corrected chi connectivity index (χ1v) is 8.20. The number of thiophene rings is 1. The summed E-state index contributed by atoms with van der Waals surface area (Å²) in [6.07, 6.45) is 7.46. The third-order valence-electron chi connectivity index (χ3n) is 3.76. The molecule has 1 fully saturated rings. The van der Waals surface area contributed by atoms with Gasteiger partial charge in [-0.15, -0.1) is 11.3 Å². The molecule has 0 N–H and O–H groups in total. The molecule has 1 aliphatic rings. The summed E-state index contributed by atoms with van der Waals surface area (Å²) in [5.74, 6) is -0.310. The average Bonchev–Trinajstić information content (AvgIpc) is 3.26. The number of hydrogen-bond acceptors (Lipinski definition) is 5. The molecule has 2 aromatic rings. The van der Waals surface area contributed by atoms with Gasteiger partial charge < -0.3 is 15.0 Å². The Kier molecular flexibility index (Phi) is 4.52. The van der Waals surface area contributed by atoms with Crippen molar-refractivity contribution < 1.29 is 9.72 Å². The summed E-state index contributed by atoms with van der Waals surface area (Å²) < 4.78 is 1.32. The number of nitro groups is 1. The monoisotopic (exact) mass is 332 g/mol. The fourth-order valence-electron chi connectivity index (χ4n) is 2.66. The molecule has 0 unspecified atom stereocenters. The van der Waals surface area contributed by atoms with Crippen LogP contribution in [0.15, 0.2) is 35.9 Å². The molecule has 3 rings (SSSR count). The SMILES string of the molecule is O=C(Cn1ccc([N+](=O)[O-])n1)N1CCC[C@@H]1/C=C/c1cccs1. The van der Waals surface area contributed by atoms with Crippen molar-refractivity contribution >= 4 is 29.1 Å². The van der Waals surface area contributed by atoms with Crippen LogP contribution in [0.4, 0.5) is 5.82 Å².